The molecule has 2 saturated heterocycles. The minimum absolute atomic E-state index is 0.0813. The Morgan fingerprint density at radius 3 is 2.70 bits per heavy atom. The number of carboxylic acid groups (broad SMARTS) is 1. The van der Waals surface area contributed by atoms with E-state index in [2.05, 4.69) is 21.3 Å². The molecule has 0 bridgehead atoms. The van der Waals surface area contributed by atoms with E-state index in [4.69, 9.17) is 26.1 Å². The summed E-state index contributed by atoms with van der Waals surface area (Å²) in [6.07, 6.45) is 1.41. The Bertz CT molecular complexity index is 1790. The first-order valence-corrected chi connectivity index (χ1v) is 15.1. The maximum absolute atomic E-state index is 15.3. The van der Waals surface area contributed by atoms with Crippen LogP contribution >= 0.6 is 11.6 Å². The molecular formula is C33H31ClF2N4O4. The molecule has 0 aliphatic carbocycles. The average molecular weight is 621 g/mol. The zero-order valence-corrected chi connectivity index (χ0v) is 24.8. The third-order valence-corrected chi connectivity index (χ3v) is 9.00. The fraction of sp³-hybridized carbons (Fsp3) is 0.333. The number of carboxylic acids is 1. The van der Waals surface area contributed by atoms with Gasteiger partial charge in [-0.15, -0.1) is 0 Å². The number of nitrogens with zero attached hydrogens (tertiary/aromatic N) is 4. The third-order valence-electron chi connectivity index (χ3n) is 8.77. The van der Waals surface area contributed by atoms with Crippen molar-refractivity contribution < 1.29 is 28.2 Å². The predicted molar refractivity (Wildman–Crippen MR) is 163 cm³/mol. The largest absolute Gasteiger partial charge is 0.478 e. The number of hydrogen-bond acceptors (Lipinski definition) is 6. The zero-order valence-electron chi connectivity index (χ0n) is 24.1. The van der Waals surface area contributed by atoms with Gasteiger partial charge in [-0.3, -0.25) is 4.90 Å². The number of halogens is 3. The molecule has 4 heterocycles. The van der Waals surface area contributed by atoms with E-state index in [0.717, 1.165) is 35.6 Å². The number of imidazole rings is 1. The van der Waals surface area contributed by atoms with Crippen molar-refractivity contribution in [2.24, 2.45) is 0 Å². The molecule has 3 atom stereocenters. The van der Waals surface area contributed by atoms with Gasteiger partial charge in [-0.05, 0) is 61.9 Å². The molecule has 2 fully saturated rings. The van der Waals surface area contributed by atoms with Crippen LogP contribution in [0.25, 0.3) is 16.9 Å². The molecule has 1 N–H and O–H groups in total. The number of hydrogen-bond donors (Lipinski definition) is 1. The molecule has 1 aromatic heterocycles. The number of para-hydroxylation sites is 1. The summed E-state index contributed by atoms with van der Waals surface area (Å²) in [5, 5.41) is 9.82. The SMILES string of the molecule is CC1CN(c2cccc3c2OC(c2ccc(Cl)cc2F)C=C3F)CCN1Cc1nc2ccc(C(=O)O)cc2n1CC1CCO1. The first-order chi connectivity index (χ1) is 21.2. The Morgan fingerprint density at radius 1 is 1.14 bits per heavy atom. The Hall–Kier alpha value is -3.99. The highest BCUT2D eigenvalue weighted by molar-refractivity contribution is 6.30. The number of piperazine rings is 1. The lowest BCUT2D eigenvalue weighted by atomic mass is 10.0. The van der Waals surface area contributed by atoms with Gasteiger partial charge in [-0.1, -0.05) is 23.7 Å². The van der Waals surface area contributed by atoms with Crippen LogP contribution in [0.4, 0.5) is 14.5 Å². The molecule has 228 valence electrons. The summed E-state index contributed by atoms with van der Waals surface area (Å²) >= 11 is 5.93. The second kappa shape index (κ2) is 11.5. The minimum atomic E-state index is -0.974. The van der Waals surface area contributed by atoms with Crippen LogP contribution in [0.5, 0.6) is 5.75 Å². The molecule has 3 aliphatic heterocycles. The molecule has 3 aliphatic rings. The van der Waals surface area contributed by atoms with Gasteiger partial charge in [0, 0.05) is 42.9 Å². The number of benzene rings is 3. The lowest BCUT2D eigenvalue weighted by molar-refractivity contribution is -0.0592. The van der Waals surface area contributed by atoms with Gasteiger partial charge in [0.1, 0.15) is 23.6 Å². The highest BCUT2D eigenvalue weighted by Crippen LogP contribution is 2.45. The first kappa shape index (κ1) is 28.8. The average Bonchev–Trinajstić information content (AvgIpc) is 3.31. The molecule has 0 spiro atoms. The number of rotatable bonds is 7. The number of ether oxygens (including phenoxy) is 2. The smallest absolute Gasteiger partial charge is 0.335 e. The molecule has 3 aromatic carbocycles. The fourth-order valence-electron chi connectivity index (χ4n) is 6.25. The van der Waals surface area contributed by atoms with Crippen molar-refractivity contribution in [3.8, 4) is 5.75 Å². The van der Waals surface area contributed by atoms with Gasteiger partial charge in [0.2, 0.25) is 0 Å². The lowest BCUT2D eigenvalue weighted by Gasteiger charge is -2.42. The van der Waals surface area contributed by atoms with Crippen LogP contribution in [-0.2, 0) is 17.8 Å². The van der Waals surface area contributed by atoms with Crippen molar-refractivity contribution in [1.29, 1.82) is 0 Å². The van der Waals surface area contributed by atoms with Crippen LogP contribution in [0.1, 0.15) is 46.8 Å². The summed E-state index contributed by atoms with van der Waals surface area (Å²) in [5.74, 6) is -0.732. The van der Waals surface area contributed by atoms with Crippen LogP contribution in [0.3, 0.4) is 0 Å². The summed E-state index contributed by atoms with van der Waals surface area (Å²) in [6, 6.07) is 14.8. The lowest BCUT2D eigenvalue weighted by Crippen LogP contribution is -2.52. The summed E-state index contributed by atoms with van der Waals surface area (Å²) in [5.41, 5.74) is 3.08. The monoisotopic (exact) mass is 620 g/mol. The van der Waals surface area contributed by atoms with Crippen molar-refractivity contribution >= 4 is 40.1 Å². The van der Waals surface area contributed by atoms with Crippen LogP contribution in [0.15, 0.2) is 60.7 Å². The fourth-order valence-corrected chi connectivity index (χ4v) is 6.41. The van der Waals surface area contributed by atoms with Gasteiger partial charge in [0.15, 0.2) is 5.75 Å². The molecule has 0 radical (unpaired) electrons. The predicted octanol–water partition coefficient (Wildman–Crippen LogP) is 6.47. The number of fused-ring (bicyclic) bond motifs is 2. The summed E-state index contributed by atoms with van der Waals surface area (Å²) < 4.78 is 44.1. The van der Waals surface area contributed by atoms with E-state index in [-0.39, 0.29) is 28.3 Å². The van der Waals surface area contributed by atoms with Crippen LogP contribution in [0, 0.1) is 5.82 Å². The highest BCUT2D eigenvalue weighted by atomic mass is 35.5. The minimum Gasteiger partial charge on any atom is -0.478 e. The maximum atomic E-state index is 15.3. The molecule has 0 amide bonds. The van der Waals surface area contributed by atoms with Gasteiger partial charge < -0.3 is 24.0 Å². The molecule has 8 nitrogen and oxygen atoms in total. The maximum Gasteiger partial charge on any atom is 0.335 e. The number of carbonyl (C=O) groups is 1. The van der Waals surface area contributed by atoms with Crippen molar-refractivity contribution in [3.05, 3.63) is 94.0 Å². The third kappa shape index (κ3) is 5.31. The zero-order chi connectivity index (χ0) is 30.5. The Balaban J connectivity index is 1.12. The van der Waals surface area contributed by atoms with Gasteiger partial charge in [0.05, 0.1) is 47.0 Å². The summed E-state index contributed by atoms with van der Waals surface area (Å²) in [6.45, 7) is 6.09. The Labute approximate surface area is 258 Å². The molecule has 0 saturated carbocycles. The van der Waals surface area contributed by atoms with E-state index in [0.29, 0.717) is 44.0 Å². The molecule has 4 aromatic rings. The molecule has 11 heteroatoms. The quantitative estimate of drug-likeness (QED) is 0.254. The Kier molecular flexibility index (Phi) is 7.52. The first-order valence-electron chi connectivity index (χ1n) is 14.7. The van der Waals surface area contributed by atoms with Crippen molar-refractivity contribution in [2.45, 2.75) is 44.7 Å². The number of aromatic carboxylic acids is 1. The van der Waals surface area contributed by atoms with Crippen molar-refractivity contribution in [3.63, 3.8) is 0 Å². The van der Waals surface area contributed by atoms with Crippen molar-refractivity contribution in [2.75, 3.05) is 31.1 Å². The number of anilines is 1. The van der Waals surface area contributed by atoms with Gasteiger partial charge >= 0.3 is 5.97 Å². The van der Waals surface area contributed by atoms with Crippen LogP contribution in [0.2, 0.25) is 5.02 Å². The van der Waals surface area contributed by atoms with E-state index in [1.807, 2.05) is 6.07 Å². The highest BCUT2D eigenvalue weighted by Gasteiger charge is 2.32. The molecular weight excluding hydrogens is 590 g/mol. The molecule has 7 rings (SSSR count). The number of aromatic nitrogens is 2. The summed E-state index contributed by atoms with van der Waals surface area (Å²) in [7, 11) is 0. The topological polar surface area (TPSA) is 80.1 Å². The normalized spacial score (nSPS) is 21.9. The summed E-state index contributed by atoms with van der Waals surface area (Å²) in [4.78, 5) is 21.1. The van der Waals surface area contributed by atoms with E-state index in [9.17, 15) is 14.3 Å². The van der Waals surface area contributed by atoms with Gasteiger partial charge in [-0.2, -0.15) is 0 Å². The standard InChI is InChI=1S/C33H31ClF2N4O4/c1-19-16-39(28-4-2-3-24-26(36)15-30(44-32(24)28)23-7-6-21(34)14-25(23)35)11-10-38(19)18-31-37-27-8-5-20(33(41)42)13-29(27)40(31)17-22-9-12-43-22/h2-8,13-15,19,22,30H,9-12,16-18H2,1H3,(H,41,42). The van der Waals surface area contributed by atoms with Crippen LogP contribution < -0.4 is 9.64 Å². The van der Waals surface area contributed by atoms with Gasteiger partial charge in [-0.25, -0.2) is 18.6 Å². The van der Waals surface area contributed by atoms with Gasteiger partial charge in [0.25, 0.3) is 0 Å². The van der Waals surface area contributed by atoms with E-state index >= 15 is 4.39 Å². The molecule has 44 heavy (non-hydrogen) atoms. The Morgan fingerprint density at radius 2 is 1.98 bits per heavy atom. The van der Waals surface area contributed by atoms with E-state index < -0.39 is 23.7 Å². The van der Waals surface area contributed by atoms with Crippen molar-refractivity contribution in [1.82, 2.24) is 14.5 Å². The second-order valence-corrected chi connectivity index (χ2v) is 12.0. The molecule has 3 unspecified atom stereocenters. The van der Waals surface area contributed by atoms with E-state index in [1.165, 1.54) is 18.2 Å². The second-order valence-electron chi connectivity index (χ2n) is 11.6. The van der Waals surface area contributed by atoms with E-state index in [1.54, 1.807) is 36.4 Å². The van der Waals surface area contributed by atoms with Crippen LogP contribution in [-0.4, -0.2) is 63.9 Å².